The number of esters is 1. The highest BCUT2D eigenvalue weighted by Gasteiger charge is 2.27. The first-order chi connectivity index (χ1) is 11.1. The van der Waals surface area contributed by atoms with Crippen LogP contribution in [0.5, 0.6) is 5.75 Å². The van der Waals surface area contributed by atoms with Crippen molar-refractivity contribution in [2.75, 3.05) is 14.2 Å². The molecule has 120 valence electrons. The maximum absolute atomic E-state index is 12.5. The molecule has 23 heavy (non-hydrogen) atoms. The Morgan fingerprint density at radius 2 is 1.87 bits per heavy atom. The summed E-state index contributed by atoms with van der Waals surface area (Å²) in [7, 11) is 2.98. The predicted molar refractivity (Wildman–Crippen MR) is 88.0 cm³/mol. The molecule has 1 aromatic rings. The summed E-state index contributed by atoms with van der Waals surface area (Å²) in [5.74, 6) is 0.494. The van der Waals surface area contributed by atoms with Gasteiger partial charge < -0.3 is 9.47 Å². The first-order valence-electron chi connectivity index (χ1n) is 7.86. The van der Waals surface area contributed by atoms with E-state index in [-0.39, 0.29) is 11.8 Å². The van der Waals surface area contributed by atoms with E-state index in [1.165, 1.54) is 7.11 Å². The highest BCUT2D eigenvalue weighted by atomic mass is 16.5. The fraction of sp³-hybridized carbons (Fsp3) is 0.368. The lowest BCUT2D eigenvalue weighted by Gasteiger charge is -2.13. The average Bonchev–Trinajstić information content (AvgIpc) is 2.85. The van der Waals surface area contributed by atoms with E-state index < -0.39 is 0 Å². The molecule has 0 saturated heterocycles. The number of carbonyl (C=O) groups excluding carboxylic acids is 2. The smallest absolute Gasteiger partial charge is 0.334 e. The van der Waals surface area contributed by atoms with Crippen LogP contribution in [0.4, 0.5) is 0 Å². The molecule has 4 heteroatoms. The van der Waals surface area contributed by atoms with Gasteiger partial charge >= 0.3 is 5.97 Å². The van der Waals surface area contributed by atoms with Crippen LogP contribution in [0.3, 0.4) is 0 Å². The van der Waals surface area contributed by atoms with Gasteiger partial charge in [0, 0.05) is 24.0 Å². The molecule has 0 spiro atoms. The topological polar surface area (TPSA) is 52.6 Å². The van der Waals surface area contributed by atoms with Crippen molar-refractivity contribution in [1.29, 1.82) is 0 Å². The molecule has 1 aromatic carbocycles. The molecule has 0 N–H and O–H groups in total. The Bertz CT molecular complexity index is 725. The van der Waals surface area contributed by atoms with Crippen LogP contribution in [0, 0.1) is 0 Å². The maximum atomic E-state index is 12.5. The van der Waals surface area contributed by atoms with Crippen LogP contribution >= 0.6 is 0 Å². The second-order valence-electron chi connectivity index (χ2n) is 5.88. The molecule has 2 aliphatic rings. The third-order valence-electron chi connectivity index (χ3n) is 4.51. The Morgan fingerprint density at radius 3 is 2.61 bits per heavy atom. The zero-order valence-electron chi connectivity index (χ0n) is 13.5. The maximum Gasteiger partial charge on any atom is 0.334 e. The largest absolute Gasteiger partial charge is 0.497 e. The van der Waals surface area contributed by atoms with Crippen LogP contribution in [0.15, 0.2) is 29.3 Å². The zero-order chi connectivity index (χ0) is 16.4. The lowest BCUT2D eigenvalue weighted by atomic mass is 9.92. The molecule has 0 aromatic heterocycles. The van der Waals surface area contributed by atoms with E-state index in [0.29, 0.717) is 18.4 Å². The van der Waals surface area contributed by atoms with Crippen molar-refractivity contribution in [1.82, 2.24) is 0 Å². The number of benzene rings is 1. The summed E-state index contributed by atoms with van der Waals surface area (Å²) < 4.78 is 10.2. The van der Waals surface area contributed by atoms with Gasteiger partial charge in [0.2, 0.25) is 0 Å². The minimum Gasteiger partial charge on any atom is -0.497 e. The lowest BCUT2D eigenvalue weighted by Crippen LogP contribution is -2.09. The molecule has 4 nitrogen and oxygen atoms in total. The summed E-state index contributed by atoms with van der Waals surface area (Å²) in [6.45, 7) is 0. The number of ether oxygens (including phenoxy) is 2. The molecule has 0 atom stereocenters. The van der Waals surface area contributed by atoms with E-state index in [0.717, 1.165) is 47.3 Å². The minimum absolute atomic E-state index is 0.149. The summed E-state index contributed by atoms with van der Waals surface area (Å²) in [6.07, 6.45) is 5.48. The molecule has 0 amide bonds. The molecule has 0 bridgehead atoms. The number of allylic oxidation sites excluding steroid dienone is 2. The van der Waals surface area contributed by atoms with Crippen LogP contribution in [0.2, 0.25) is 0 Å². The van der Waals surface area contributed by atoms with Gasteiger partial charge in [0.1, 0.15) is 5.75 Å². The highest BCUT2D eigenvalue weighted by molar-refractivity contribution is 6.08. The molecular weight excluding hydrogens is 292 g/mol. The minimum atomic E-state index is -0.385. The molecule has 0 heterocycles. The number of rotatable bonds is 2. The zero-order valence-corrected chi connectivity index (χ0v) is 13.5. The molecule has 0 saturated carbocycles. The van der Waals surface area contributed by atoms with Crippen LogP contribution in [-0.2, 0) is 14.3 Å². The first-order valence-corrected chi connectivity index (χ1v) is 7.86. The Balaban J connectivity index is 2.21. The number of fused-ring (bicyclic) bond motifs is 2. The van der Waals surface area contributed by atoms with Gasteiger partial charge in [-0.3, -0.25) is 4.79 Å². The fourth-order valence-electron chi connectivity index (χ4n) is 3.31. The monoisotopic (exact) mass is 312 g/mol. The van der Waals surface area contributed by atoms with Crippen molar-refractivity contribution in [3.8, 4) is 5.75 Å². The van der Waals surface area contributed by atoms with E-state index >= 15 is 0 Å². The normalized spacial score (nSPS) is 17.5. The van der Waals surface area contributed by atoms with Gasteiger partial charge in [-0.15, -0.1) is 0 Å². The second kappa shape index (κ2) is 6.41. The Labute approximate surface area is 135 Å². The van der Waals surface area contributed by atoms with Crippen molar-refractivity contribution >= 4 is 23.4 Å². The number of hydrogen-bond donors (Lipinski definition) is 0. The van der Waals surface area contributed by atoms with Gasteiger partial charge in [-0.2, -0.15) is 0 Å². The predicted octanol–water partition coefficient (Wildman–Crippen LogP) is 3.55. The SMILES string of the molecule is COC(=O)C1=Cc2cc(OC)ccc2C2=C(C1)C(=O)CCCC2. The van der Waals surface area contributed by atoms with E-state index in [1.54, 1.807) is 7.11 Å². The molecular formula is C19H20O4. The number of methoxy groups -OCH3 is 2. The molecule has 0 radical (unpaired) electrons. The number of hydrogen-bond acceptors (Lipinski definition) is 4. The molecule has 0 aliphatic heterocycles. The third-order valence-corrected chi connectivity index (χ3v) is 4.51. The number of ketones is 1. The Morgan fingerprint density at radius 1 is 1.09 bits per heavy atom. The van der Waals surface area contributed by atoms with Gasteiger partial charge in [0.05, 0.1) is 14.2 Å². The quantitative estimate of drug-likeness (QED) is 0.784. The summed E-state index contributed by atoms with van der Waals surface area (Å²) in [5.41, 5.74) is 4.28. The van der Waals surface area contributed by atoms with Gasteiger partial charge in [-0.25, -0.2) is 4.79 Å². The average molecular weight is 312 g/mol. The van der Waals surface area contributed by atoms with Gasteiger partial charge in [0.15, 0.2) is 5.78 Å². The molecule has 0 unspecified atom stereocenters. The standard InChI is InChI=1S/C19H20O4/c1-22-14-7-8-15-12(10-14)9-13(19(21)23-2)11-17-16(15)5-3-4-6-18(17)20/h7-10H,3-6,11H2,1-2H3. The fourth-order valence-corrected chi connectivity index (χ4v) is 3.31. The van der Waals surface area contributed by atoms with E-state index in [1.807, 2.05) is 24.3 Å². The van der Waals surface area contributed by atoms with Crippen molar-refractivity contribution in [2.45, 2.75) is 32.1 Å². The summed E-state index contributed by atoms with van der Waals surface area (Å²) in [6, 6.07) is 5.79. The molecule has 0 fully saturated rings. The first kappa shape index (κ1) is 15.5. The van der Waals surface area contributed by atoms with Crippen LogP contribution in [0.1, 0.15) is 43.2 Å². The lowest BCUT2D eigenvalue weighted by molar-refractivity contribution is -0.136. The summed E-state index contributed by atoms with van der Waals surface area (Å²) in [4.78, 5) is 24.6. The highest BCUT2D eigenvalue weighted by Crippen LogP contribution is 2.39. The summed E-state index contributed by atoms with van der Waals surface area (Å²) in [5, 5.41) is 0. The molecule has 2 aliphatic carbocycles. The van der Waals surface area contributed by atoms with Crippen molar-refractivity contribution in [3.05, 3.63) is 40.5 Å². The van der Waals surface area contributed by atoms with Gasteiger partial charge in [0.25, 0.3) is 0 Å². The second-order valence-corrected chi connectivity index (χ2v) is 5.88. The van der Waals surface area contributed by atoms with Gasteiger partial charge in [-0.05, 0) is 54.2 Å². The van der Waals surface area contributed by atoms with Crippen LogP contribution < -0.4 is 4.74 Å². The van der Waals surface area contributed by atoms with E-state index in [9.17, 15) is 9.59 Å². The molecule has 3 rings (SSSR count). The third kappa shape index (κ3) is 2.93. The van der Waals surface area contributed by atoms with Crippen LogP contribution in [0.25, 0.3) is 11.6 Å². The Kier molecular flexibility index (Phi) is 4.33. The van der Waals surface area contributed by atoms with E-state index in [2.05, 4.69) is 0 Å². The number of carbonyl (C=O) groups is 2. The van der Waals surface area contributed by atoms with Crippen molar-refractivity contribution in [3.63, 3.8) is 0 Å². The number of Topliss-reactive ketones (excluding diaryl/α,β-unsaturated/α-hetero) is 1. The van der Waals surface area contributed by atoms with Gasteiger partial charge in [-0.1, -0.05) is 6.07 Å². The van der Waals surface area contributed by atoms with Crippen molar-refractivity contribution < 1.29 is 19.1 Å². The Hall–Kier alpha value is -2.36. The summed E-state index contributed by atoms with van der Waals surface area (Å²) >= 11 is 0. The van der Waals surface area contributed by atoms with Crippen LogP contribution in [-0.4, -0.2) is 26.0 Å². The van der Waals surface area contributed by atoms with E-state index in [4.69, 9.17) is 9.47 Å². The van der Waals surface area contributed by atoms with Crippen molar-refractivity contribution in [2.24, 2.45) is 0 Å².